The van der Waals surface area contributed by atoms with Gasteiger partial charge in [0.15, 0.2) is 0 Å². The van der Waals surface area contributed by atoms with E-state index in [0.29, 0.717) is 23.1 Å². The zero-order chi connectivity index (χ0) is 12.5. The van der Waals surface area contributed by atoms with Crippen LogP contribution in [0.4, 0.5) is 5.69 Å². The maximum absolute atomic E-state index is 12.0. The summed E-state index contributed by atoms with van der Waals surface area (Å²) in [5, 5.41) is 10.3. The number of hydrogen-bond donors (Lipinski definition) is 2. The van der Waals surface area contributed by atoms with Gasteiger partial charge in [-0.3, -0.25) is 4.79 Å². The molecular formula is C12H12N4O2. The molecule has 0 aliphatic heterocycles. The number of anilines is 1. The highest BCUT2D eigenvalue weighted by atomic mass is 16.6. The number of nitrogens with zero attached hydrogens (tertiary/aromatic N) is 2. The van der Waals surface area contributed by atoms with E-state index in [9.17, 15) is 4.79 Å². The lowest BCUT2D eigenvalue weighted by atomic mass is 10.1. The molecule has 1 aromatic carbocycles. The van der Waals surface area contributed by atoms with Gasteiger partial charge in [-0.1, -0.05) is 12.2 Å². The Hall–Kier alpha value is -2.21. The van der Waals surface area contributed by atoms with E-state index in [-0.39, 0.29) is 17.9 Å². The Labute approximate surface area is 103 Å². The Bertz CT molecular complexity index is 619. The average molecular weight is 244 g/mol. The van der Waals surface area contributed by atoms with Gasteiger partial charge >= 0.3 is 0 Å². The first-order valence-electron chi connectivity index (χ1n) is 5.69. The number of benzene rings is 1. The number of hydrogen-bond acceptors (Lipinski definition) is 5. The second-order valence-electron chi connectivity index (χ2n) is 4.35. The van der Waals surface area contributed by atoms with Gasteiger partial charge in [-0.05, 0) is 34.9 Å². The fourth-order valence-corrected chi connectivity index (χ4v) is 2.02. The Morgan fingerprint density at radius 3 is 2.94 bits per heavy atom. The van der Waals surface area contributed by atoms with Crippen molar-refractivity contribution in [1.82, 2.24) is 10.3 Å². The number of rotatable bonds is 2. The summed E-state index contributed by atoms with van der Waals surface area (Å²) in [6.45, 7) is 0. The molecule has 6 heteroatoms. The number of carbonyl (C=O) groups excluding carboxylic acids is 1. The minimum absolute atomic E-state index is 0.0250. The molecule has 0 spiro atoms. The zero-order valence-corrected chi connectivity index (χ0v) is 9.54. The van der Waals surface area contributed by atoms with Gasteiger partial charge in [0.05, 0.1) is 5.92 Å². The van der Waals surface area contributed by atoms with Crippen LogP contribution in [0, 0.1) is 5.92 Å². The first-order chi connectivity index (χ1) is 8.72. The lowest BCUT2D eigenvalue weighted by molar-refractivity contribution is -0.118. The Balaban J connectivity index is 1.75. The number of nitrogens with one attached hydrogen (secondary N) is 1. The largest absolute Gasteiger partial charge is 0.325 e. The summed E-state index contributed by atoms with van der Waals surface area (Å²) in [4.78, 5) is 12.0. The van der Waals surface area contributed by atoms with E-state index >= 15 is 0 Å². The predicted molar refractivity (Wildman–Crippen MR) is 65.7 cm³/mol. The molecule has 0 bridgehead atoms. The maximum Gasteiger partial charge on any atom is 0.231 e. The second kappa shape index (κ2) is 4.23. The van der Waals surface area contributed by atoms with Crippen LogP contribution in [-0.2, 0) is 4.79 Å². The first-order valence-corrected chi connectivity index (χ1v) is 5.69. The van der Waals surface area contributed by atoms with Crippen LogP contribution in [0.2, 0.25) is 0 Å². The molecule has 2 atom stereocenters. The normalized spacial score (nSPS) is 22.5. The van der Waals surface area contributed by atoms with Crippen molar-refractivity contribution in [2.75, 3.05) is 5.32 Å². The van der Waals surface area contributed by atoms with Gasteiger partial charge in [-0.25, -0.2) is 4.63 Å². The average Bonchev–Trinajstić information content (AvgIpc) is 2.96. The van der Waals surface area contributed by atoms with Gasteiger partial charge in [0.25, 0.3) is 0 Å². The molecule has 0 radical (unpaired) electrons. The van der Waals surface area contributed by atoms with E-state index in [0.717, 1.165) is 0 Å². The first kappa shape index (κ1) is 10.9. The molecule has 3 N–H and O–H groups in total. The van der Waals surface area contributed by atoms with Crippen LogP contribution >= 0.6 is 0 Å². The summed E-state index contributed by atoms with van der Waals surface area (Å²) in [7, 11) is 0. The third-order valence-electron chi connectivity index (χ3n) is 2.97. The highest BCUT2D eigenvalue weighted by molar-refractivity contribution is 5.95. The lowest BCUT2D eigenvalue weighted by Crippen LogP contribution is -2.23. The number of nitrogens with two attached hydrogens (primary N) is 1. The molecule has 0 saturated carbocycles. The summed E-state index contributed by atoms with van der Waals surface area (Å²) < 4.78 is 4.60. The number of fused-ring (bicyclic) bond motifs is 1. The van der Waals surface area contributed by atoms with Crippen LogP contribution in [0.1, 0.15) is 6.42 Å². The second-order valence-corrected chi connectivity index (χ2v) is 4.35. The number of carbonyl (C=O) groups is 1. The number of aromatic nitrogens is 2. The van der Waals surface area contributed by atoms with E-state index in [1.165, 1.54) is 0 Å². The van der Waals surface area contributed by atoms with Crippen molar-refractivity contribution in [2.24, 2.45) is 11.7 Å². The van der Waals surface area contributed by atoms with Crippen LogP contribution in [-0.4, -0.2) is 22.3 Å². The van der Waals surface area contributed by atoms with Crippen molar-refractivity contribution >= 4 is 22.6 Å². The van der Waals surface area contributed by atoms with Crippen LogP contribution in [0.5, 0.6) is 0 Å². The third-order valence-corrected chi connectivity index (χ3v) is 2.97. The molecule has 2 aromatic rings. The van der Waals surface area contributed by atoms with Gasteiger partial charge in [-0.2, -0.15) is 0 Å². The maximum atomic E-state index is 12.0. The van der Waals surface area contributed by atoms with E-state index in [4.69, 9.17) is 5.73 Å². The van der Waals surface area contributed by atoms with Crippen molar-refractivity contribution in [1.29, 1.82) is 0 Å². The molecule has 92 valence electrons. The molecule has 18 heavy (non-hydrogen) atoms. The quantitative estimate of drug-likeness (QED) is 0.770. The summed E-state index contributed by atoms with van der Waals surface area (Å²) >= 11 is 0. The zero-order valence-electron chi connectivity index (χ0n) is 9.54. The summed E-state index contributed by atoms with van der Waals surface area (Å²) in [5.74, 6) is -0.221. The van der Waals surface area contributed by atoms with Gasteiger partial charge in [0, 0.05) is 11.7 Å². The number of amides is 1. The van der Waals surface area contributed by atoms with Crippen LogP contribution in [0.15, 0.2) is 35.0 Å². The Morgan fingerprint density at radius 2 is 2.17 bits per heavy atom. The minimum atomic E-state index is -0.161. The molecule has 3 rings (SSSR count). The van der Waals surface area contributed by atoms with E-state index in [1.54, 1.807) is 18.2 Å². The van der Waals surface area contributed by atoms with Crippen molar-refractivity contribution < 1.29 is 9.42 Å². The van der Waals surface area contributed by atoms with Crippen LogP contribution < -0.4 is 11.1 Å². The van der Waals surface area contributed by atoms with Gasteiger partial charge < -0.3 is 11.1 Å². The van der Waals surface area contributed by atoms with Gasteiger partial charge in [0.1, 0.15) is 11.0 Å². The third kappa shape index (κ3) is 1.98. The molecule has 6 nitrogen and oxygen atoms in total. The highest BCUT2D eigenvalue weighted by Crippen LogP contribution is 2.20. The fraction of sp³-hybridized carbons (Fsp3) is 0.250. The molecule has 1 aromatic heterocycles. The summed E-state index contributed by atoms with van der Waals surface area (Å²) in [5.41, 5.74) is 7.68. The SMILES string of the molecule is N[C@H]1C=C[C@@H](C(=O)Nc2ccc3nonc3c2)C1. The van der Waals surface area contributed by atoms with Crippen molar-refractivity contribution in [3.63, 3.8) is 0 Å². The topological polar surface area (TPSA) is 94.0 Å². The summed E-state index contributed by atoms with van der Waals surface area (Å²) in [6.07, 6.45) is 4.35. The lowest BCUT2D eigenvalue weighted by Gasteiger charge is -2.10. The molecule has 0 saturated heterocycles. The highest BCUT2D eigenvalue weighted by Gasteiger charge is 2.22. The van der Waals surface area contributed by atoms with Crippen molar-refractivity contribution in [3.05, 3.63) is 30.4 Å². The molecule has 1 heterocycles. The predicted octanol–water partition coefficient (Wildman–Crippen LogP) is 1.06. The van der Waals surface area contributed by atoms with Crippen molar-refractivity contribution in [2.45, 2.75) is 12.5 Å². The van der Waals surface area contributed by atoms with Crippen molar-refractivity contribution in [3.8, 4) is 0 Å². The molecule has 0 fully saturated rings. The Kier molecular flexibility index (Phi) is 2.56. The molecule has 1 aliphatic carbocycles. The fourth-order valence-electron chi connectivity index (χ4n) is 2.02. The van der Waals surface area contributed by atoms with Gasteiger partial charge in [-0.15, -0.1) is 0 Å². The standard InChI is InChI=1S/C12H12N4O2/c13-8-2-1-7(5-8)12(17)14-9-3-4-10-11(6-9)16-18-15-10/h1-4,6-8H,5,13H2,(H,14,17)/t7-,8+/m1/s1. The molecule has 1 amide bonds. The van der Waals surface area contributed by atoms with Crippen LogP contribution in [0.3, 0.4) is 0 Å². The summed E-state index contributed by atoms with van der Waals surface area (Å²) in [6, 6.07) is 5.21. The minimum Gasteiger partial charge on any atom is -0.325 e. The van der Waals surface area contributed by atoms with Crippen LogP contribution in [0.25, 0.3) is 11.0 Å². The van der Waals surface area contributed by atoms with Gasteiger partial charge in [0.2, 0.25) is 5.91 Å². The van der Waals surface area contributed by atoms with E-state index in [2.05, 4.69) is 20.3 Å². The smallest absolute Gasteiger partial charge is 0.231 e. The molecule has 0 unspecified atom stereocenters. The van der Waals surface area contributed by atoms with E-state index < -0.39 is 0 Å². The molecular weight excluding hydrogens is 232 g/mol. The molecule has 1 aliphatic rings. The monoisotopic (exact) mass is 244 g/mol. The van der Waals surface area contributed by atoms with E-state index in [1.807, 2.05) is 12.2 Å². The Morgan fingerprint density at radius 1 is 1.33 bits per heavy atom.